The molecule has 1 aromatic heterocycles. The van der Waals surface area contributed by atoms with E-state index in [1.807, 2.05) is 0 Å². The summed E-state index contributed by atoms with van der Waals surface area (Å²) in [6.07, 6.45) is 1.34. The highest BCUT2D eigenvalue weighted by Gasteiger charge is 2.08. The van der Waals surface area contributed by atoms with Crippen molar-refractivity contribution in [1.82, 2.24) is 4.98 Å². The van der Waals surface area contributed by atoms with E-state index in [0.29, 0.717) is 5.69 Å². The van der Waals surface area contributed by atoms with E-state index in [9.17, 15) is 17.2 Å². The summed E-state index contributed by atoms with van der Waals surface area (Å²) in [5.41, 5.74) is 0.542. The molecule has 0 unspecified atom stereocenters. The number of nitrogens with zero attached hydrogens (tertiary/aromatic N) is 1. The molecule has 0 fully saturated rings. The molecule has 0 saturated heterocycles. The van der Waals surface area contributed by atoms with Gasteiger partial charge in [0.2, 0.25) is 10.0 Å². The second kappa shape index (κ2) is 6.04. The summed E-state index contributed by atoms with van der Waals surface area (Å²) in [6.45, 7) is 1.51. The van der Waals surface area contributed by atoms with Gasteiger partial charge in [0.1, 0.15) is 17.5 Å². The van der Waals surface area contributed by atoms with Crippen LogP contribution in [-0.4, -0.2) is 19.2 Å². The fraction of sp³-hybridized carbons (Fsp3) is 0.154. The number of aromatic nitrogens is 1. The van der Waals surface area contributed by atoms with Gasteiger partial charge in [-0.1, -0.05) is 0 Å². The molecule has 0 amide bonds. The molecular weight excluding hydrogens is 300 g/mol. The maximum atomic E-state index is 13.5. The van der Waals surface area contributed by atoms with Crippen molar-refractivity contribution in [3.8, 4) is 0 Å². The van der Waals surface area contributed by atoms with Gasteiger partial charge in [-0.05, 0) is 31.2 Å². The topological polar surface area (TPSA) is 71.1 Å². The molecule has 2 rings (SSSR count). The smallest absolute Gasteiger partial charge is 0.233 e. The van der Waals surface area contributed by atoms with Crippen molar-refractivity contribution >= 4 is 27.2 Å². The van der Waals surface area contributed by atoms with Gasteiger partial charge in [0.05, 0.1) is 23.3 Å². The van der Waals surface area contributed by atoms with E-state index in [4.69, 9.17) is 0 Å². The van der Waals surface area contributed by atoms with E-state index in [2.05, 4.69) is 15.0 Å². The largest absolute Gasteiger partial charge is 0.352 e. The molecule has 8 heteroatoms. The Balaban J connectivity index is 2.12. The molecule has 0 spiro atoms. The Labute approximate surface area is 121 Å². The summed E-state index contributed by atoms with van der Waals surface area (Å²) in [6, 6.07) is 6.13. The van der Waals surface area contributed by atoms with E-state index >= 15 is 0 Å². The lowest BCUT2D eigenvalue weighted by atomic mass is 10.3. The van der Waals surface area contributed by atoms with Crippen molar-refractivity contribution in [2.45, 2.75) is 6.92 Å². The Kier molecular flexibility index (Phi) is 4.37. The summed E-state index contributed by atoms with van der Waals surface area (Å²) in [5, 5.41) is 2.72. The number of sulfonamides is 1. The molecule has 0 saturated carbocycles. The molecule has 112 valence electrons. The molecular formula is C13H13F2N3O2S. The molecule has 5 nitrogen and oxygen atoms in total. The first-order valence-corrected chi connectivity index (χ1v) is 7.73. The Bertz CT molecular complexity index is 734. The summed E-state index contributed by atoms with van der Waals surface area (Å²) >= 11 is 0. The molecule has 1 aromatic carbocycles. The van der Waals surface area contributed by atoms with Crippen LogP contribution in [0.4, 0.5) is 26.0 Å². The van der Waals surface area contributed by atoms with Gasteiger partial charge in [0.15, 0.2) is 0 Å². The standard InChI is InChI=1S/C13H13F2N3O2S/c1-2-21(19,20)18-13-6-4-10(8-16-13)17-12-5-3-9(14)7-11(12)15/h3-8,17H,2H2,1H3,(H,16,18). The fourth-order valence-corrected chi connectivity index (χ4v) is 2.09. The van der Waals surface area contributed by atoms with Crippen LogP contribution in [0.5, 0.6) is 0 Å². The van der Waals surface area contributed by atoms with Crippen LogP contribution in [0.25, 0.3) is 0 Å². The van der Waals surface area contributed by atoms with Crippen LogP contribution in [0.3, 0.4) is 0 Å². The summed E-state index contributed by atoms with van der Waals surface area (Å²) in [5.74, 6) is -1.29. The summed E-state index contributed by atoms with van der Waals surface area (Å²) < 4.78 is 51.3. The zero-order chi connectivity index (χ0) is 15.5. The Hall–Kier alpha value is -2.22. The maximum absolute atomic E-state index is 13.5. The van der Waals surface area contributed by atoms with Crippen molar-refractivity contribution in [2.24, 2.45) is 0 Å². The van der Waals surface area contributed by atoms with Crippen molar-refractivity contribution in [1.29, 1.82) is 0 Å². The van der Waals surface area contributed by atoms with E-state index in [-0.39, 0.29) is 17.3 Å². The minimum Gasteiger partial charge on any atom is -0.352 e. The highest BCUT2D eigenvalue weighted by Crippen LogP contribution is 2.21. The van der Waals surface area contributed by atoms with Gasteiger partial charge >= 0.3 is 0 Å². The Morgan fingerprint density at radius 3 is 2.52 bits per heavy atom. The van der Waals surface area contributed by atoms with E-state index < -0.39 is 21.7 Å². The van der Waals surface area contributed by atoms with Gasteiger partial charge < -0.3 is 5.32 Å². The number of hydrogen-bond acceptors (Lipinski definition) is 4. The zero-order valence-corrected chi connectivity index (χ0v) is 11.9. The third kappa shape index (κ3) is 4.12. The molecule has 2 aromatic rings. The average Bonchev–Trinajstić information content (AvgIpc) is 2.44. The number of rotatable bonds is 5. The number of halogens is 2. The molecule has 0 aliphatic heterocycles. The van der Waals surface area contributed by atoms with Crippen molar-refractivity contribution in [2.75, 3.05) is 15.8 Å². The number of anilines is 3. The van der Waals surface area contributed by atoms with E-state index in [0.717, 1.165) is 12.1 Å². The first-order chi connectivity index (χ1) is 9.89. The van der Waals surface area contributed by atoms with Crippen molar-refractivity contribution < 1.29 is 17.2 Å². The molecule has 0 aliphatic rings. The molecule has 0 bridgehead atoms. The number of nitrogens with one attached hydrogen (secondary N) is 2. The summed E-state index contributed by atoms with van der Waals surface area (Å²) in [7, 11) is -3.39. The molecule has 1 heterocycles. The Morgan fingerprint density at radius 2 is 1.95 bits per heavy atom. The van der Waals surface area contributed by atoms with E-state index in [1.54, 1.807) is 0 Å². The van der Waals surface area contributed by atoms with Gasteiger partial charge in [-0.15, -0.1) is 0 Å². The zero-order valence-electron chi connectivity index (χ0n) is 11.1. The van der Waals surface area contributed by atoms with Gasteiger partial charge in [0, 0.05) is 6.07 Å². The predicted molar refractivity (Wildman–Crippen MR) is 77.0 cm³/mol. The van der Waals surface area contributed by atoms with Crippen LogP contribution in [0.1, 0.15) is 6.92 Å². The maximum Gasteiger partial charge on any atom is 0.233 e. The predicted octanol–water partition coefficient (Wildman–Crippen LogP) is 2.87. The third-order valence-corrected chi connectivity index (χ3v) is 3.89. The third-order valence-electron chi connectivity index (χ3n) is 2.61. The quantitative estimate of drug-likeness (QED) is 0.890. The molecule has 2 N–H and O–H groups in total. The molecule has 0 aliphatic carbocycles. The lowest BCUT2D eigenvalue weighted by molar-refractivity contribution is 0.586. The summed E-state index contributed by atoms with van der Waals surface area (Å²) in [4.78, 5) is 3.91. The lowest BCUT2D eigenvalue weighted by Gasteiger charge is -2.09. The number of pyridine rings is 1. The molecule has 0 atom stereocenters. The van der Waals surface area contributed by atoms with Crippen LogP contribution < -0.4 is 10.0 Å². The second-order valence-corrected chi connectivity index (χ2v) is 6.20. The average molecular weight is 313 g/mol. The van der Waals surface area contributed by atoms with Crippen LogP contribution in [0, 0.1) is 11.6 Å². The van der Waals surface area contributed by atoms with Crippen molar-refractivity contribution in [3.05, 3.63) is 48.2 Å². The first kappa shape index (κ1) is 15.2. The minimum atomic E-state index is -3.39. The van der Waals surface area contributed by atoms with Crippen LogP contribution >= 0.6 is 0 Å². The van der Waals surface area contributed by atoms with Crippen molar-refractivity contribution in [3.63, 3.8) is 0 Å². The van der Waals surface area contributed by atoms with Gasteiger partial charge in [-0.3, -0.25) is 4.72 Å². The molecule has 21 heavy (non-hydrogen) atoms. The van der Waals surface area contributed by atoms with Gasteiger partial charge in [-0.25, -0.2) is 22.2 Å². The highest BCUT2D eigenvalue weighted by molar-refractivity contribution is 7.92. The normalized spacial score (nSPS) is 11.2. The second-order valence-electron chi connectivity index (χ2n) is 4.19. The minimum absolute atomic E-state index is 0.0600. The first-order valence-electron chi connectivity index (χ1n) is 6.08. The number of benzene rings is 1. The van der Waals surface area contributed by atoms with E-state index in [1.165, 1.54) is 31.3 Å². The lowest BCUT2D eigenvalue weighted by Crippen LogP contribution is -2.15. The molecule has 0 radical (unpaired) electrons. The van der Waals surface area contributed by atoms with Crippen LogP contribution in [0.15, 0.2) is 36.5 Å². The number of hydrogen-bond donors (Lipinski definition) is 2. The highest BCUT2D eigenvalue weighted by atomic mass is 32.2. The monoisotopic (exact) mass is 313 g/mol. The van der Waals surface area contributed by atoms with Crippen LogP contribution in [0.2, 0.25) is 0 Å². The fourth-order valence-electron chi connectivity index (χ4n) is 1.51. The van der Waals surface area contributed by atoms with Gasteiger partial charge in [0.25, 0.3) is 0 Å². The Morgan fingerprint density at radius 1 is 1.19 bits per heavy atom. The van der Waals surface area contributed by atoms with Gasteiger partial charge in [-0.2, -0.15) is 0 Å². The van der Waals surface area contributed by atoms with Crippen LogP contribution in [-0.2, 0) is 10.0 Å². The SMILES string of the molecule is CCS(=O)(=O)Nc1ccc(Nc2ccc(F)cc2F)cn1.